The average Bonchev–Trinajstić information content (AvgIpc) is 3.07. The van der Waals surface area contributed by atoms with E-state index >= 15 is 0 Å². The van der Waals surface area contributed by atoms with E-state index in [9.17, 15) is 4.79 Å². The van der Waals surface area contributed by atoms with Crippen LogP contribution in [0, 0.1) is 0 Å². The minimum atomic E-state index is -0.0704. The van der Waals surface area contributed by atoms with Crippen molar-refractivity contribution in [2.75, 3.05) is 6.54 Å². The summed E-state index contributed by atoms with van der Waals surface area (Å²) in [6.07, 6.45) is 2.78. The summed E-state index contributed by atoms with van der Waals surface area (Å²) >= 11 is 3.43. The molecule has 0 aliphatic carbocycles. The lowest BCUT2D eigenvalue weighted by molar-refractivity contribution is 0.0923. The first-order valence-electron chi connectivity index (χ1n) is 7.44. The van der Waals surface area contributed by atoms with Crippen LogP contribution in [0.25, 0.3) is 0 Å². The zero-order valence-electron chi connectivity index (χ0n) is 12.7. The van der Waals surface area contributed by atoms with Gasteiger partial charge in [-0.25, -0.2) is 0 Å². The molecule has 2 aromatic rings. The van der Waals surface area contributed by atoms with E-state index in [0.717, 1.165) is 16.6 Å². The Balaban J connectivity index is 1.62. The van der Waals surface area contributed by atoms with Crippen molar-refractivity contribution in [1.29, 1.82) is 0 Å². The summed E-state index contributed by atoms with van der Waals surface area (Å²) in [6.45, 7) is 4.62. The molecule has 1 aromatic carbocycles. The van der Waals surface area contributed by atoms with Crippen molar-refractivity contribution in [1.82, 2.24) is 9.88 Å². The van der Waals surface area contributed by atoms with Gasteiger partial charge in [0.05, 0.1) is 6.54 Å². The van der Waals surface area contributed by atoms with Gasteiger partial charge < -0.3 is 14.6 Å². The Morgan fingerprint density at radius 2 is 2.23 bits per heavy atom. The van der Waals surface area contributed by atoms with Gasteiger partial charge in [-0.3, -0.25) is 4.79 Å². The van der Waals surface area contributed by atoms with Gasteiger partial charge in [0.1, 0.15) is 17.5 Å². The van der Waals surface area contributed by atoms with Crippen LogP contribution in [0.3, 0.4) is 0 Å². The number of nitrogens with zero attached hydrogens (tertiary/aromatic N) is 1. The molecule has 1 aliphatic rings. The highest BCUT2D eigenvalue weighted by molar-refractivity contribution is 9.10. The van der Waals surface area contributed by atoms with E-state index in [1.54, 1.807) is 0 Å². The smallest absolute Gasteiger partial charge is 0.268 e. The minimum absolute atomic E-state index is 0.00672. The molecule has 0 spiro atoms. The number of ether oxygens (including phenoxy) is 1. The molecule has 1 unspecified atom stereocenters. The summed E-state index contributed by atoms with van der Waals surface area (Å²) < 4.78 is 8.72. The van der Waals surface area contributed by atoms with Crippen molar-refractivity contribution in [3.63, 3.8) is 0 Å². The summed E-state index contributed by atoms with van der Waals surface area (Å²) in [4.78, 5) is 12.4. The highest BCUT2D eigenvalue weighted by Crippen LogP contribution is 2.27. The number of hydrogen-bond acceptors (Lipinski definition) is 2. The second-order valence-corrected chi connectivity index (χ2v) is 6.72. The van der Waals surface area contributed by atoms with E-state index in [1.165, 1.54) is 5.56 Å². The fourth-order valence-electron chi connectivity index (χ4n) is 2.72. The van der Waals surface area contributed by atoms with Crippen molar-refractivity contribution in [3.05, 3.63) is 52.3 Å². The van der Waals surface area contributed by atoms with Crippen LogP contribution in [0.1, 0.15) is 35.9 Å². The lowest BCUT2D eigenvalue weighted by atomic mass is 10.1. The molecular formula is C17H19BrN2O2. The Labute approximate surface area is 138 Å². The zero-order valence-corrected chi connectivity index (χ0v) is 14.3. The van der Waals surface area contributed by atoms with E-state index in [-0.39, 0.29) is 18.1 Å². The molecule has 1 amide bonds. The summed E-state index contributed by atoms with van der Waals surface area (Å²) in [6, 6.07) is 10.1. The van der Waals surface area contributed by atoms with Crippen molar-refractivity contribution >= 4 is 21.8 Å². The highest BCUT2D eigenvalue weighted by Gasteiger charge is 2.23. The monoisotopic (exact) mass is 362 g/mol. The van der Waals surface area contributed by atoms with Crippen LogP contribution < -0.4 is 10.1 Å². The first-order chi connectivity index (χ1) is 10.5. The number of amides is 1. The number of carbonyl (C=O) groups excluding carboxylic acids is 1. The average molecular weight is 363 g/mol. The summed E-state index contributed by atoms with van der Waals surface area (Å²) in [5.41, 5.74) is 1.87. The molecule has 0 saturated heterocycles. The number of halogens is 1. The lowest BCUT2D eigenvalue weighted by Crippen LogP contribution is -2.35. The van der Waals surface area contributed by atoms with Crippen LogP contribution in [-0.2, 0) is 6.42 Å². The van der Waals surface area contributed by atoms with Crippen molar-refractivity contribution in [2.24, 2.45) is 0 Å². The van der Waals surface area contributed by atoms with Crippen molar-refractivity contribution < 1.29 is 9.53 Å². The molecule has 0 radical (unpaired) electrons. The molecule has 116 valence electrons. The molecule has 22 heavy (non-hydrogen) atoms. The Hall–Kier alpha value is -1.75. The highest BCUT2D eigenvalue weighted by atomic mass is 79.9. The predicted molar refractivity (Wildman–Crippen MR) is 89.4 cm³/mol. The van der Waals surface area contributed by atoms with Crippen LogP contribution in [0.5, 0.6) is 5.75 Å². The summed E-state index contributed by atoms with van der Waals surface area (Å²) in [5.74, 6) is 0.856. The topological polar surface area (TPSA) is 43.3 Å². The zero-order chi connectivity index (χ0) is 15.7. The van der Waals surface area contributed by atoms with Crippen LogP contribution in [0.15, 0.2) is 41.0 Å². The van der Waals surface area contributed by atoms with E-state index in [4.69, 9.17) is 4.74 Å². The van der Waals surface area contributed by atoms with Gasteiger partial charge in [0.2, 0.25) is 0 Å². The second kappa shape index (κ2) is 6.16. The molecule has 0 saturated carbocycles. The number of hydrogen-bond donors (Lipinski definition) is 1. The third-order valence-corrected chi connectivity index (χ3v) is 4.24. The van der Waals surface area contributed by atoms with Gasteiger partial charge >= 0.3 is 0 Å². The first-order valence-corrected chi connectivity index (χ1v) is 8.24. The fraction of sp³-hybridized carbons (Fsp3) is 0.353. The molecule has 1 aliphatic heterocycles. The number of carbonyl (C=O) groups is 1. The van der Waals surface area contributed by atoms with Gasteiger partial charge in [-0.1, -0.05) is 18.2 Å². The van der Waals surface area contributed by atoms with Gasteiger partial charge in [-0.2, -0.15) is 0 Å². The van der Waals surface area contributed by atoms with E-state index in [0.29, 0.717) is 12.2 Å². The molecule has 0 fully saturated rings. The molecule has 5 heteroatoms. The van der Waals surface area contributed by atoms with E-state index in [2.05, 4.69) is 41.2 Å². The Kier molecular flexibility index (Phi) is 4.25. The maximum Gasteiger partial charge on any atom is 0.268 e. The van der Waals surface area contributed by atoms with Gasteiger partial charge in [0, 0.05) is 23.1 Å². The molecular weight excluding hydrogens is 344 g/mol. The fourth-order valence-corrected chi connectivity index (χ4v) is 3.16. The maximum atomic E-state index is 12.4. The third kappa shape index (κ3) is 3.04. The van der Waals surface area contributed by atoms with Crippen molar-refractivity contribution in [2.45, 2.75) is 32.4 Å². The van der Waals surface area contributed by atoms with E-state index in [1.807, 2.05) is 35.0 Å². The van der Waals surface area contributed by atoms with Crippen LogP contribution in [0.2, 0.25) is 0 Å². The van der Waals surface area contributed by atoms with Crippen LogP contribution in [-0.4, -0.2) is 23.1 Å². The number of aromatic nitrogens is 1. The first kappa shape index (κ1) is 15.2. The molecule has 1 atom stereocenters. The van der Waals surface area contributed by atoms with Gasteiger partial charge in [-0.15, -0.1) is 0 Å². The molecule has 0 bridgehead atoms. The standard InChI is InChI=1S/C17H19BrN2O2/c1-11(2)20-10-13(18)8-15(20)17(21)19-9-14-7-12-5-3-4-6-16(12)22-14/h3-6,8,10-11,14H,7,9H2,1-2H3,(H,19,21). The van der Waals surface area contributed by atoms with Gasteiger partial charge in [0.15, 0.2) is 0 Å². The van der Waals surface area contributed by atoms with Crippen LogP contribution >= 0.6 is 15.9 Å². The molecule has 3 rings (SSSR count). The number of benzene rings is 1. The normalized spacial score (nSPS) is 16.5. The SMILES string of the molecule is CC(C)n1cc(Br)cc1C(=O)NCC1Cc2ccccc2O1. The summed E-state index contributed by atoms with van der Waals surface area (Å²) in [5, 5.41) is 2.98. The van der Waals surface area contributed by atoms with Gasteiger partial charge in [-0.05, 0) is 47.5 Å². The summed E-state index contributed by atoms with van der Waals surface area (Å²) in [7, 11) is 0. The third-order valence-electron chi connectivity index (χ3n) is 3.81. The predicted octanol–water partition coefficient (Wildman–Crippen LogP) is 3.57. The quantitative estimate of drug-likeness (QED) is 0.903. The Morgan fingerprint density at radius 3 is 2.95 bits per heavy atom. The number of para-hydroxylation sites is 1. The second-order valence-electron chi connectivity index (χ2n) is 5.81. The number of fused-ring (bicyclic) bond motifs is 1. The Morgan fingerprint density at radius 1 is 1.45 bits per heavy atom. The van der Waals surface area contributed by atoms with Crippen LogP contribution in [0.4, 0.5) is 0 Å². The van der Waals surface area contributed by atoms with E-state index < -0.39 is 0 Å². The maximum absolute atomic E-state index is 12.4. The molecule has 1 N–H and O–H groups in total. The Bertz CT molecular complexity index is 669. The largest absolute Gasteiger partial charge is 0.488 e. The molecule has 2 heterocycles. The molecule has 1 aromatic heterocycles. The number of nitrogens with one attached hydrogen (secondary N) is 1. The molecule has 4 nitrogen and oxygen atoms in total. The number of rotatable bonds is 4. The van der Waals surface area contributed by atoms with Gasteiger partial charge in [0.25, 0.3) is 5.91 Å². The minimum Gasteiger partial charge on any atom is -0.488 e. The van der Waals surface area contributed by atoms with Crippen molar-refractivity contribution in [3.8, 4) is 5.75 Å². The lowest BCUT2D eigenvalue weighted by Gasteiger charge is -2.15.